The maximum absolute atomic E-state index is 14.4. The zero-order chi connectivity index (χ0) is 20.4. The van der Waals surface area contributed by atoms with Crippen LogP contribution in [0.4, 0.5) is 10.1 Å². The van der Waals surface area contributed by atoms with Crippen LogP contribution in [0, 0.1) is 5.82 Å². The van der Waals surface area contributed by atoms with Crippen LogP contribution in [0.25, 0.3) is 11.1 Å². The number of rotatable bonds is 5. The van der Waals surface area contributed by atoms with Gasteiger partial charge in [0.05, 0.1) is 11.9 Å². The lowest BCUT2D eigenvalue weighted by molar-refractivity contribution is 0.0946. The van der Waals surface area contributed by atoms with Crippen LogP contribution in [-0.4, -0.2) is 27.8 Å². The summed E-state index contributed by atoms with van der Waals surface area (Å²) in [7, 11) is 0. The Balaban J connectivity index is 1.58. The number of carbonyl (C=O) groups is 2. The van der Waals surface area contributed by atoms with Gasteiger partial charge in [0.2, 0.25) is 0 Å². The van der Waals surface area contributed by atoms with Crippen molar-refractivity contribution in [2.45, 2.75) is 18.9 Å². The number of carbonyl (C=O) groups excluding carboxylic acids is 2. The lowest BCUT2D eigenvalue weighted by Crippen LogP contribution is -2.26. The van der Waals surface area contributed by atoms with Crippen LogP contribution in [0.1, 0.15) is 33.7 Å². The van der Waals surface area contributed by atoms with Gasteiger partial charge in [0.15, 0.2) is 0 Å². The van der Waals surface area contributed by atoms with E-state index >= 15 is 0 Å². The molecule has 0 saturated heterocycles. The van der Waals surface area contributed by atoms with Crippen LogP contribution in [0.3, 0.4) is 0 Å². The largest absolute Gasteiger partial charge is 0.348 e. The van der Waals surface area contributed by atoms with Gasteiger partial charge >= 0.3 is 0 Å². The van der Waals surface area contributed by atoms with Crippen LogP contribution in [0.15, 0.2) is 55.0 Å². The lowest BCUT2D eigenvalue weighted by atomic mass is 10.0. The highest BCUT2D eigenvalue weighted by Crippen LogP contribution is 2.31. The Labute approximate surface area is 171 Å². The molecular formula is C21H16ClFN4O2. The summed E-state index contributed by atoms with van der Waals surface area (Å²) in [4.78, 5) is 32.9. The number of anilines is 1. The zero-order valence-electron chi connectivity index (χ0n) is 15.2. The van der Waals surface area contributed by atoms with E-state index in [1.807, 2.05) is 0 Å². The van der Waals surface area contributed by atoms with Crippen molar-refractivity contribution in [1.29, 1.82) is 0 Å². The molecule has 0 bridgehead atoms. The number of hydrogen-bond acceptors (Lipinski definition) is 4. The first-order valence-electron chi connectivity index (χ1n) is 8.99. The first-order valence-corrected chi connectivity index (χ1v) is 9.37. The average Bonchev–Trinajstić information content (AvgIpc) is 3.53. The maximum atomic E-state index is 14.4. The Morgan fingerprint density at radius 3 is 2.62 bits per heavy atom. The molecule has 6 nitrogen and oxygen atoms in total. The van der Waals surface area contributed by atoms with E-state index in [1.54, 1.807) is 12.1 Å². The van der Waals surface area contributed by atoms with Gasteiger partial charge < -0.3 is 10.6 Å². The van der Waals surface area contributed by atoms with Crippen molar-refractivity contribution in [3.05, 3.63) is 77.1 Å². The Kier molecular flexibility index (Phi) is 5.22. The van der Waals surface area contributed by atoms with Gasteiger partial charge in [-0.3, -0.25) is 19.6 Å². The molecular weight excluding hydrogens is 395 g/mol. The van der Waals surface area contributed by atoms with E-state index in [4.69, 9.17) is 11.6 Å². The van der Waals surface area contributed by atoms with Crippen molar-refractivity contribution in [2.24, 2.45) is 0 Å². The fourth-order valence-corrected chi connectivity index (χ4v) is 2.97. The minimum absolute atomic E-state index is 0.166. The smallest absolute Gasteiger partial charge is 0.270 e. The molecule has 1 fully saturated rings. The van der Waals surface area contributed by atoms with Crippen molar-refractivity contribution >= 4 is 29.1 Å². The molecule has 0 radical (unpaired) electrons. The number of nitrogens with one attached hydrogen (secondary N) is 2. The van der Waals surface area contributed by atoms with Crippen molar-refractivity contribution in [2.75, 3.05) is 5.32 Å². The highest BCUT2D eigenvalue weighted by Gasteiger charge is 2.24. The predicted molar refractivity (Wildman–Crippen MR) is 107 cm³/mol. The summed E-state index contributed by atoms with van der Waals surface area (Å²) in [5, 5.41) is 5.84. The van der Waals surface area contributed by atoms with E-state index in [-0.39, 0.29) is 33.8 Å². The summed E-state index contributed by atoms with van der Waals surface area (Å²) in [6, 6.07) is 9.02. The summed E-state index contributed by atoms with van der Waals surface area (Å²) in [6.45, 7) is 0. The molecule has 1 aliphatic carbocycles. The molecule has 2 aromatic heterocycles. The number of halogens is 2. The van der Waals surface area contributed by atoms with Crippen molar-refractivity contribution < 1.29 is 14.0 Å². The van der Waals surface area contributed by atoms with E-state index in [9.17, 15) is 14.0 Å². The van der Waals surface area contributed by atoms with Gasteiger partial charge in [-0.15, -0.1) is 0 Å². The molecule has 1 aromatic carbocycles. The molecule has 0 unspecified atom stereocenters. The molecule has 1 aliphatic rings. The molecule has 0 aliphatic heterocycles. The third-order valence-electron chi connectivity index (χ3n) is 4.46. The standard InChI is InChI=1S/C21H16ClFN4O2/c22-13-1-4-15(17(23)10-13)16-6-7-24-11-19(16)27-20(28)12-5-8-25-18(9-12)21(29)26-14-2-3-14/h1,4-11,14H,2-3H2,(H,26,29)(H,27,28). The molecule has 0 spiro atoms. The second kappa shape index (κ2) is 7.97. The minimum atomic E-state index is -0.512. The topological polar surface area (TPSA) is 84.0 Å². The summed E-state index contributed by atoms with van der Waals surface area (Å²) in [6.07, 6.45) is 6.25. The zero-order valence-corrected chi connectivity index (χ0v) is 15.9. The van der Waals surface area contributed by atoms with E-state index in [0.29, 0.717) is 11.3 Å². The lowest BCUT2D eigenvalue weighted by Gasteiger charge is -2.12. The van der Waals surface area contributed by atoms with Gasteiger partial charge in [-0.1, -0.05) is 11.6 Å². The highest BCUT2D eigenvalue weighted by atomic mass is 35.5. The second-order valence-electron chi connectivity index (χ2n) is 6.68. The van der Waals surface area contributed by atoms with Gasteiger partial charge in [0.25, 0.3) is 11.8 Å². The molecule has 8 heteroatoms. The molecule has 146 valence electrons. The fraction of sp³-hybridized carbons (Fsp3) is 0.143. The SMILES string of the molecule is O=C(Nc1cnccc1-c1ccc(Cl)cc1F)c1ccnc(C(=O)NC2CC2)c1. The van der Waals surface area contributed by atoms with Crippen molar-refractivity contribution in [3.63, 3.8) is 0 Å². The molecule has 2 N–H and O–H groups in total. The molecule has 2 heterocycles. The molecule has 3 aromatic rings. The molecule has 0 atom stereocenters. The number of aromatic nitrogens is 2. The van der Waals surface area contributed by atoms with Gasteiger partial charge in [-0.2, -0.15) is 0 Å². The molecule has 1 saturated carbocycles. The first kappa shape index (κ1) is 19.0. The van der Waals surface area contributed by atoms with Gasteiger partial charge in [0, 0.05) is 40.1 Å². The average molecular weight is 411 g/mol. The Morgan fingerprint density at radius 1 is 1.03 bits per heavy atom. The quantitative estimate of drug-likeness (QED) is 0.663. The summed E-state index contributed by atoms with van der Waals surface area (Å²) >= 11 is 5.82. The predicted octanol–water partition coefficient (Wildman–Crippen LogP) is 4.08. The molecule has 29 heavy (non-hydrogen) atoms. The van der Waals surface area contributed by atoms with E-state index in [1.165, 1.54) is 42.9 Å². The van der Waals surface area contributed by atoms with Gasteiger partial charge in [-0.25, -0.2) is 4.39 Å². The Hall–Kier alpha value is -3.32. The number of amides is 2. The van der Waals surface area contributed by atoms with E-state index in [0.717, 1.165) is 12.8 Å². The minimum Gasteiger partial charge on any atom is -0.348 e. The molecule has 4 rings (SSSR count). The van der Waals surface area contributed by atoms with Gasteiger partial charge in [0.1, 0.15) is 11.5 Å². The van der Waals surface area contributed by atoms with Crippen molar-refractivity contribution in [3.8, 4) is 11.1 Å². The monoisotopic (exact) mass is 410 g/mol. The maximum Gasteiger partial charge on any atom is 0.270 e. The summed E-state index contributed by atoms with van der Waals surface area (Å²) in [5.41, 5.74) is 1.50. The third-order valence-corrected chi connectivity index (χ3v) is 4.69. The summed E-state index contributed by atoms with van der Waals surface area (Å²) < 4.78 is 14.4. The van der Waals surface area contributed by atoms with Crippen LogP contribution in [0.2, 0.25) is 5.02 Å². The Bertz CT molecular complexity index is 1100. The fourth-order valence-electron chi connectivity index (χ4n) is 2.81. The second-order valence-corrected chi connectivity index (χ2v) is 7.11. The van der Waals surface area contributed by atoms with Crippen LogP contribution < -0.4 is 10.6 Å². The third kappa shape index (κ3) is 4.41. The first-order chi connectivity index (χ1) is 14.0. The highest BCUT2D eigenvalue weighted by molar-refractivity contribution is 6.30. The molecule has 2 amide bonds. The summed E-state index contributed by atoms with van der Waals surface area (Å²) in [5.74, 6) is -1.29. The van der Waals surface area contributed by atoms with Crippen LogP contribution in [0.5, 0.6) is 0 Å². The number of hydrogen-bond donors (Lipinski definition) is 2. The van der Waals surface area contributed by atoms with Crippen LogP contribution in [-0.2, 0) is 0 Å². The van der Waals surface area contributed by atoms with Gasteiger partial charge in [-0.05, 0) is 49.2 Å². The number of benzene rings is 1. The van der Waals surface area contributed by atoms with E-state index in [2.05, 4.69) is 20.6 Å². The van der Waals surface area contributed by atoms with Crippen LogP contribution >= 0.6 is 11.6 Å². The van der Waals surface area contributed by atoms with Crippen molar-refractivity contribution in [1.82, 2.24) is 15.3 Å². The normalized spacial score (nSPS) is 13.0. The van der Waals surface area contributed by atoms with E-state index < -0.39 is 11.7 Å². The Morgan fingerprint density at radius 2 is 1.86 bits per heavy atom. The number of pyridine rings is 2. The number of nitrogens with zero attached hydrogens (tertiary/aromatic N) is 2.